The molecule has 0 spiro atoms. The van der Waals surface area contributed by atoms with Crippen molar-refractivity contribution < 1.29 is 4.74 Å². The van der Waals surface area contributed by atoms with Crippen molar-refractivity contribution in [2.45, 2.75) is 50.3 Å². The molecule has 82 valence electrons. The highest BCUT2D eigenvalue weighted by Crippen LogP contribution is 2.31. The van der Waals surface area contributed by atoms with E-state index in [-0.39, 0.29) is 5.60 Å². The van der Waals surface area contributed by atoms with Crippen LogP contribution in [0.25, 0.3) is 0 Å². The van der Waals surface area contributed by atoms with Crippen LogP contribution in [0.15, 0.2) is 0 Å². The Balaban J connectivity index is 1.86. The molecule has 2 aliphatic rings. The molecule has 1 aliphatic heterocycles. The van der Waals surface area contributed by atoms with Crippen LogP contribution in [-0.2, 0) is 4.74 Å². The minimum absolute atomic E-state index is 0.0944. The standard InChI is InChI=1S/C11H22N2O/c1-11(14-2)7-13(8-11)10-6-4-3-5-9(10)12/h9-10H,3-8,12H2,1-2H3. The average molecular weight is 198 g/mol. The van der Waals surface area contributed by atoms with Gasteiger partial charge >= 0.3 is 0 Å². The molecule has 0 radical (unpaired) electrons. The van der Waals surface area contributed by atoms with Crippen LogP contribution in [0.4, 0.5) is 0 Å². The van der Waals surface area contributed by atoms with Gasteiger partial charge in [0.25, 0.3) is 0 Å². The lowest BCUT2D eigenvalue weighted by Gasteiger charge is -2.52. The fourth-order valence-electron chi connectivity index (χ4n) is 2.77. The zero-order valence-corrected chi connectivity index (χ0v) is 9.33. The minimum Gasteiger partial charge on any atom is -0.376 e. The Morgan fingerprint density at radius 2 is 1.93 bits per heavy atom. The van der Waals surface area contributed by atoms with Crippen molar-refractivity contribution in [2.75, 3.05) is 20.2 Å². The van der Waals surface area contributed by atoms with Crippen molar-refractivity contribution >= 4 is 0 Å². The molecular formula is C11H22N2O. The topological polar surface area (TPSA) is 38.5 Å². The highest BCUT2D eigenvalue weighted by molar-refractivity contribution is 4.99. The Bertz CT molecular complexity index is 201. The van der Waals surface area contributed by atoms with Gasteiger partial charge in [0.1, 0.15) is 0 Å². The number of rotatable bonds is 2. The fraction of sp³-hybridized carbons (Fsp3) is 1.00. The van der Waals surface area contributed by atoms with Gasteiger partial charge in [0, 0.05) is 32.3 Å². The number of nitrogens with zero attached hydrogens (tertiary/aromatic N) is 1. The summed E-state index contributed by atoms with van der Waals surface area (Å²) in [5.41, 5.74) is 6.23. The van der Waals surface area contributed by atoms with Crippen molar-refractivity contribution in [3.8, 4) is 0 Å². The molecule has 2 fully saturated rings. The van der Waals surface area contributed by atoms with E-state index in [0.717, 1.165) is 13.1 Å². The lowest BCUT2D eigenvalue weighted by Crippen LogP contribution is -2.67. The summed E-state index contributed by atoms with van der Waals surface area (Å²) in [6.45, 7) is 4.29. The Morgan fingerprint density at radius 1 is 1.29 bits per heavy atom. The highest BCUT2D eigenvalue weighted by Gasteiger charge is 2.43. The summed E-state index contributed by atoms with van der Waals surface area (Å²) in [5.74, 6) is 0. The number of nitrogens with two attached hydrogens (primary N) is 1. The summed E-state index contributed by atoms with van der Waals surface area (Å²) in [7, 11) is 1.80. The first-order chi connectivity index (χ1) is 6.64. The number of hydrogen-bond donors (Lipinski definition) is 1. The third-order valence-electron chi connectivity index (χ3n) is 3.82. The maximum absolute atomic E-state index is 6.14. The number of methoxy groups -OCH3 is 1. The van der Waals surface area contributed by atoms with Crippen molar-refractivity contribution in [3.05, 3.63) is 0 Å². The van der Waals surface area contributed by atoms with E-state index in [4.69, 9.17) is 10.5 Å². The maximum Gasteiger partial charge on any atom is 0.0903 e. The average Bonchev–Trinajstić information content (AvgIpc) is 2.14. The van der Waals surface area contributed by atoms with E-state index >= 15 is 0 Å². The van der Waals surface area contributed by atoms with Gasteiger partial charge in [0.2, 0.25) is 0 Å². The van der Waals surface area contributed by atoms with E-state index in [1.807, 2.05) is 0 Å². The lowest BCUT2D eigenvalue weighted by molar-refractivity contribution is -0.132. The third kappa shape index (κ3) is 1.81. The lowest BCUT2D eigenvalue weighted by atomic mass is 9.85. The van der Waals surface area contributed by atoms with E-state index in [9.17, 15) is 0 Å². The van der Waals surface area contributed by atoms with Gasteiger partial charge in [0.15, 0.2) is 0 Å². The molecule has 14 heavy (non-hydrogen) atoms. The van der Waals surface area contributed by atoms with Crippen LogP contribution in [0.3, 0.4) is 0 Å². The summed E-state index contributed by atoms with van der Waals surface area (Å²) in [4.78, 5) is 2.49. The summed E-state index contributed by atoms with van der Waals surface area (Å²) in [6.07, 6.45) is 5.14. The van der Waals surface area contributed by atoms with Crippen LogP contribution in [0.5, 0.6) is 0 Å². The third-order valence-corrected chi connectivity index (χ3v) is 3.82. The van der Waals surface area contributed by atoms with Gasteiger partial charge in [-0.05, 0) is 19.8 Å². The summed E-state index contributed by atoms with van der Waals surface area (Å²) >= 11 is 0. The smallest absolute Gasteiger partial charge is 0.0903 e. The zero-order valence-electron chi connectivity index (χ0n) is 9.33. The van der Waals surface area contributed by atoms with Crippen LogP contribution in [0.2, 0.25) is 0 Å². The Labute approximate surface area is 86.6 Å². The molecule has 2 rings (SSSR count). The maximum atomic E-state index is 6.14. The Hall–Kier alpha value is -0.120. The SMILES string of the molecule is COC1(C)CN(C2CCCCC2N)C1. The number of ether oxygens (including phenoxy) is 1. The molecule has 0 bridgehead atoms. The first-order valence-corrected chi connectivity index (χ1v) is 5.69. The van der Waals surface area contributed by atoms with Crippen LogP contribution < -0.4 is 5.73 Å². The second kappa shape index (κ2) is 3.80. The molecule has 0 aromatic carbocycles. The summed E-state index contributed by atoms with van der Waals surface area (Å²) in [6, 6.07) is 1.01. The molecule has 1 saturated carbocycles. The van der Waals surface area contributed by atoms with Crippen LogP contribution in [-0.4, -0.2) is 42.8 Å². The largest absolute Gasteiger partial charge is 0.376 e. The van der Waals surface area contributed by atoms with Gasteiger partial charge < -0.3 is 10.5 Å². The van der Waals surface area contributed by atoms with E-state index in [0.29, 0.717) is 12.1 Å². The van der Waals surface area contributed by atoms with Gasteiger partial charge in [-0.3, -0.25) is 4.90 Å². The summed E-state index contributed by atoms with van der Waals surface area (Å²) in [5, 5.41) is 0. The molecule has 0 aromatic heterocycles. The Kier molecular flexibility index (Phi) is 2.82. The van der Waals surface area contributed by atoms with Crippen molar-refractivity contribution in [3.63, 3.8) is 0 Å². The molecule has 2 unspecified atom stereocenters. The first-order valence-electron chi connectivity index (χ1n) is 5.69. The molecule has 1 saturated heterocycles. The number of hydrogen-bond acceptors (Lipinski definition) is 3. The van der Waals surface area contributed by atoms with E-state index < -0.39 is 0 Å². The normalized spacial score (nSPS) is 37.9. The molecule has 1 heterocycles. The molecule has 2 atom stereocenters. The molecule has 0 amide bonds. The van der Waals surface area contributed by atoms with Gasteiger partial charge in [-0.2, -0.15) is 0 Å². The van der Waals surface area contributed by atoms with E-state index in [1.54, 1.807) is 7.11 Å². The predicted octanol–water partition coefficient (Wildman–Crippen LogP) is 0.977. The van der Waals surface area contributed by atoms with Crippen LogP contribution in [0.1, 0.15) is 32.6 Å². The van der Waals surface area contributed by atoms with E-state index in [2.05, 4.69) is 11.8 Å². The zero-order chi connectivity index (χ0) is 10.2. The second-order valence-electron chi connectivity index (χ2n) is 5.07. The van der Waals surface area contributed by atoms with Gasteiger partial charge in [-0.25, -0.2) is 0 Å². The van der Waals surface area contributed by atoms with Gasteiger partial charge in [0.05, 0.1) is 5.60 Å². The second-order valence-corrected chi connectivity index (χ2v) is 5.07. The quantitative estimate of drug-likeness (QED) is 0.719. The Morgan fingerprint density at radius 3 is 2.50 bits per heavy atom. The fourth-order valence-corrected chi connectivity index (χ4v) is 2.77. The molecular weight excluding hydrogens is 176 g/mol. The predicted molar refractivity (Wildman–Crippen MR) is 57.2 cm³/mol. The number of likely N-dealkylation sites (tertiary alicyclic amines) is 1. The highest BCUT2D eigenvalue weighted by atomic mass is 16.5. The van der Waals surface area contributed by atoms with Crippen LogP contribution >= 0.6 is 0 Å². The monoisotopic (exact) mass is 198 g/mol. The van der Waals surface area contributed by atoms with Crippen molar-refractivity contribution in [1.29, 1.82) is 0 Å². The van der Waals surface area contributed by atoms with Gasteiger partial charge in [-0.1, -0.05) is 12.8 Å². The molecule has 2 N–H and O–H groups in total. The van der Waals surface area contributed by atoms with Crippen LogP contribution in [0, 0.1) is 0 Å². The molecule has 0 aromatic rings. The van der Waals surface area contributed by atoms with Gasteiger partial charge in [-0.15, -0.1) is 0 Å². The minimum atomic E-state index is 0.0944. The van der Waals surface area contributed by atoms with Crippen molar-refractivity contribution in [2.24, 2.45) is 5.73 Å². The first kappa shape index (κ1) is 10.4. The van der Waals surface area contributed by atoms with Crippen molar-refractivity contribution in [1.82, 2.24) is 4.90 Å². The van der Waals surface area contributed by atoms with E-state index in [1.165, 1.54) is 25.7 Å². The molecule has 3 nitrogen and oxygen atoms in total. The molecule has 1 aliphatic carbocycles. The molecule has 3 heteroatoms. The summed E-state index contributed by atoms with van der Waals surface area (Å²) < 4.78 is 5.45.